The summed E-state index contributed by atoms with van der Waals surface area (Å²) in [5, 5.41) is 22.6. The molecule has 0 aliphatic heterocycles. The summed E-state index contributed by atoms with van der Waals surface area (Å²) in [5.41, 5.74) is 30.9. The molecular weight excluding hydrogens is 1560 g/mol. The van der Waals surface area contributed by atoms with Crippen molar-refractivity contribution in [1.29, 1.82) is 0 Å². The van der Waals surface area contributed by atoms with Crippen LogP contribution in [0.3, 0.4) is 0 Å². The third-order valence-electron chi connectivity index (χ3n) is 26.4. The summed E-state index contributed by atoms with van der Waals surface area (Å²) in [7, 11) is 0. The Bertz CT molecular complexity index is 6340. The van der Waals surface area contributed by atoms with Gasteiger partial charge >= 0.3 is 0 Å². The summed E-state index contributed by atoms with van der Waals surface area (Å²) in [4.78, 5) is 0. The molecule has 0 unspecified atom stereocenters. The fraction of sp³-hybridized carbons (Fsp3) is 0.246. The Kier molecular flexibility index (Phi) is 36.4. The molecule has 660 valence electrons. The van der Waals surface area contributed by atoms with Crippen molar-refractivity contribution in [3.8, 4) is 22.3 Å². The van der Waals surface area contributed by atoms with Gasteiger partial charge in [-0.15, -0.1) is 0 Å². The topological polar surface area (TPSA) is 0 Å². The Balaban J connectivity index is 0.000000136. The second-order valence-electron chi connectivity index (χ2n) is 33.9. The highest BCUT2D eigenvalue weighted by molar-refractivity contribution is 6.24. The van der Waals surface area contributed by atoms with Gasteiger partial charge in [0.25, 0.3) is 0 Å². The van der Waals surface area contributed by atoms with Crippen LogP contribution in [0.2, 0.25) is 0 Å². The second kappa shape index (κ2) is 49.2. The van der Waals surface area contributed by atoms with Gasteiger partial charge in [-0.2, -0.15) is 0 Å². The summed E-state index contributed by atoms with van der Waals surface area (Å²) >= 11 is 0. The van der Waals surface area contributed by atoms with Crippen molar-refractivity contribution in [2.45, 2.75) is 214 Å². The second-order valence-corrected chi connectivity index (χ2v) is 33.9. The molecule has 0 spiro atoms. The van der Waals surface area contributed by atoms with Crippen molar-refractivity contribution in [3.05, 3.63) is 452 Å². The zero-order valence-electron chi connectivity index (χ0n) is 81.0. The van der Waals surface area contributed by atoms with E-state index >= 15 is 0 Å². The summed E-state index contributed by atoms with van der Waals surface area (Å²) in [6.07, 6.45) is 22.1. The van der Waals surface area contributed by atoms with Crippen LogP contribution in [0.1, 0.15) is 211 Å². The minimum atomic E-state index is 1.07. The van der Waals surface area contributed by atoms with Gasteiger partial charge in [0, 0.05) is 0 Å². The van der Waals surface area contributed by atoms with Gasteiger partial charge in [-0.3, -0.25) is 0 Å². The third kappa shape index (κ3) is 23.8. The standard InChI is InChI=1S/C24H22.C20H18.C18H18.C18H20.C16H18.C14H16.2C10H14/c1-3-17-13-15-23(21-11-7-5-9-19(17)21)24-16-14-18(4-2)20-10-6-8-12-22(20)24;1-3-13-11-15-7-6-10-18-14(4-2)12-16-8-5-9-17(13)19(16)20(15)18;1-3-13-15-9-5-7-11-17(15)14(4-2)18-12-8-6-10-16(13)18;1-3-15-5-9-17(10-6-15)13-14-18-11-7-16(4-2)8-12-18;1-3-13-5-9-15(10-6-13)16-11-7-14(4-2)8-12-16;1-3-11-9-10-12(4-2)14-8-6-5-7-13(11)14;1-3-9-6-5-7-10(4-2)8-9;1-3-9-7-5-6-8-10(9)4-2/h5-16H,3-4H2,1-2H3;5-12H,3-4H2,1-2H3;5-12H,3-4H2,1-2H3;5-14H,3-4H2,1-2H3;5-12H,3-4H2,1-2H3;5-10H,3-4H2,1-2H3;2*5-8H,3-4H2,1-2H3/b;;;14-13+;;;;. The summed E-state index contributed by atoms with van der Waals surface area (Å²) in [6.45, 7) is 35.4. The van der Waals surface area contributed by atoms with Gasteiger partial charge in [0.1, 0.15) is 0 Å². The molecule has 130 heavy (non-hydrogen) atoms. The van der Waals surface area contributed by atoms with E-state index in [1.807, 2.05) is 0 Å². The highest BCUT2D eigenvalue weighted by atomic mass is 14.2. The molecule has 0 amide bonds. The van der Waals surface area contributed by atoms with E-state index in [2.05, 4.69) is 475 Å². The van der Waals surface area contributed by atoms with Gasteiger partial charge < -0.3 is 0 Å². The lowest BCUT2D eigenvalue weighted by atomic mass is 9.88. The first kappa shape index (κ1) is 96.3. The number of fused-ring (bicyclic) bond motifs is 5. The van der Waals surface area contributed by atoms with Crippen molar-refractivity contribution in [2.24, 2.45) is 0 Å². The largest absolute Gasteiger partial charge is 0.0620 e. The van der Waals surface area contributed by atoms with Crippen LogP contribution in [0, 0.1) is 0 Å². The van der Waals surface area contributed by atoms with E-state index in [1.165, 1.54) is 209 Å². The minimum absolute atomic E-state index is 1.07. The van der Waals surface area contributed by atoms with Gasteiger partial charge in [-0.1, -0.05) is 475 Å². The van der Waals surface area contributed by atoms with Crippen LogP contribution in [-0.4, -0.2) is 0 Å². The highest BCUT2D eigenvalue weighted by Crippen LogP contribution is 2.41. The summed E-state index contributed by atoms with van der Waals surface area (Å²) < 4.78 is 0. The lowest BCUT2D eigenvalue weighted by Gasteiger charge is -2.16. The fourth-order valence-corrected chi connectivity index (χ4v) is 18.6. The molecule has 0 heterocycles. The lowest BCUT2D eigenvalue weighted by molar-refractivity contribution is 1.04. The Hall–Kier alpha value is -12.7. The van der Waals surface area contributed by atoms with Gasteiger partial charge in [0.2, 0.25) is 0 Å². The van der Waals surface area contributed by atoms with Crippen molar-refractivity contribution >= 4 is 98.3 Å². The van der Waals surface area contributed by atoms with Crippen LogP contribution in [0.4, 0.5) is 0 Å². The quantitative estimate of drug-likeness (QED) is 0.0405. The number of hydrogen-bond donors (Lipinski definition) is 0. The Morgan fingerprint density at radius 3 is 0.685 bits per heavy atom. The van der Waals surface area contributed by atoms with Crippen LogP contribution in [-0.2, 0) is 103 Å². The van der Waals surface area contributed by atoms with E-state index < -0.39 is 0 Å². The van der Waals surface area contributed by atoms with Crippen LogP contribution in [0.5, 0.6) is 0 Å². The molecule has 0 saturated carbocycles. The lowest BCUT2D eigenvalue weighted by Crippen LogP contribution is -1.93. The molecule has 0 nitrogen and oxygen atoms in total. The average Bonchev–Trinajstić information content (AvgIpc) is 0.724. The fourth-order valence-electron chi connectivity index (χ4n) is 18.6. The van der Waals surface area contributed by atoms with E-state index in [-0.39, 0.29) is 0 Å². The van der Waals surface area contributed by atoms with Crippen LogP contribution >= 0.6 is 0 Å². The molecule has 0 bridgehead atoms. The maximum atomic E-state index is 2.38. The zero-order chi connectivity index (χ0) is 91.7. The molecule has 19 aromatic carbocycles. The van der Waals surface area contributed by atoms with E-state index in [0.717, 1.165) is 103 Å². The number of hydrogen-bond acceptors (Lipinski definition) is 0. The number of rotatable bonds is 20. The molecule has 0 heteroatoms. The van der Waals surface area contributed by atoms with E-state index in [0.29, 0.717) is 0 Å². The summed E-state index contributed by atoms with van der Waals surface area (Å²) in [6, 6.07) is 128. The first-order chi connectivity index (χ1) is 63.8. The predicted octanol–water partition coefficient (Wildman–Crippen LogP) is 36.7. The molecule has 0 saturated heterocycles. The summed E-state index contributed by atoms with van der Waals surface area (Å²) in [5.74, 6) is 0. The molecule has 0 N–H and O–H groups in total. The molecule has 0 fully saturated rings. The predicted molar refractivity (Wildman–Crippen MR) is 579 cm³/mol. The molecule has 0 aliphatic rings. The first-order valence-corrected chi connectivity index (χ1v) is 49.1. The molecular formula is C130H140. The van der Waals surface area contributed by atoms with Crippen LogP contribution in [0.25, 0.3) is 121 Å². The Labute approximate surface area is 780 Å². The Morgan fingerprint density at radius 2 is 0.400 bits per heavy atom. The molecule has 0 aliphatic carbocycles. The monoisotopic (exact) mass is 1700 g/mol. The van der Waals surface area contributed by atoms with Crippen molar-refractivity contribution in [2.75, 3.05) is 0 Å². The van der Waals surface area contributed by atoms with Gasteiger partial charge in [-0.25, -0.2) is 0 Å². The van der Waals surface area contributed by atoms with Crippen LogP contribution in [0.15, 0.2) is 352 Å². The van der Waals surface area contributed by atoms with Gasteiger partial charge in [0.15, 0.2) is 0 Å². The van der Waals surface area contributed by atoms with E-state index in [9.17, 15) is 0 Å². The van der Waals surface area contributed by atoms with Gasteiger partial charge in [0.05, 0.1) is 0 Å². The van der Waals surface area contributed by atoms with E-state index in [1.54, 1.807) is 0 Å². The minimum Gasteiger partial charge on any atom is -0.0620 e. The van der Waals surface area contributed by atoms with E-state index in [4.69, 9.17) is 0 Å². The van der Waals surface area contributed by atoms with Crippen LogP contribution < -0.4 is 0 Å². The SMILES string of the molecule is CCc1c2ccccc2c(CC)c2ccccc12.CCc1cc2cccc3c(CC)cc4cccc1c4c23.CCc1ccc(-c2ccc(CC)c3ccccc23)c2ccccc12.CCc1ccc(-c2ccc(CC)cc2)cc1.CCc1ccc(/C=C/c2ccc(CC)cc2)cc1.CCc1ccc(CC)c2ccccc12.CCc1cccc(CC)c1.CCc1ccccc1CC. The highest BCUT2D eigenvalue weighted by Gasteiger charge is 2.17. The maximum Gasteiger partial charge on any atom is -0.00238 e. The molecule has 0 aromatic heterocycles. The average molecular weight is 1700 g/mol. The maximum absolute atomic E-state index is 2.38. The van der Waals surface area contributed by atoms with Gasteiger partial charge in [-0.05, 0) is 311 Å². The first-order valence-electron chi connectivity index (χ1n) is 49.1. The smallest absolute Gasteiger partial charge is 0.00238 e. The van der Waals surface area contributed by atoms with Crippen molar-refractivity contribution in [3.63, 3.8) is 0 Å². The van der Waals surface area contributed by atoms with Crippen molar-refractivity contribution < 1.29 is 0 Å². The Morgan fingerprint density at radius 1 is 0.154 bits per heavy atom. The zero-order valence-corrected chi connectivity index (χ0v) is 81.0. The number of aryl methyl sites for hydroxylation is 16. The van der Waals surface area contributed by atoms with Crippen molar-refractivity contribution in [1.82, 2.24) is 0 Å². The molecule has 0 atom stereocenters. The third-order valence-corrected chi connectivity index (χ3v) is 26.4. The number of benzene rings is 19. The normalized spacial score (nSPS) is 10.9. The molecule has 19 rings (SSSR count). The molecule has 19 aromatic rings. The molecule has 0 radical (unpaired) electrons.